The molecule has 0 bridgehead atoms. The van der Waals surface area contributed by atoms with Crippen molar-refractivity contribution < 1.29 is 17.9 Å². The highest BCUT2D eigenvalue weighted by atomic mass is 32.2. The molecule has 0 aromatic heterocycles. The molecular weight excluding hydrogens is 343 g/mol. The van der Waals surface area contributed by atoms with Gasteiger partial charge in [0, 0.05) is 32.7 Å². The van der Waals surface area contributed by atoms with E-state index in [4.69, 9.17) is 0 Å². The lowest BCUT2D eigenvalue weighted by Crippen LogP contribution is -2.49. The van der Waals surface area contributed by atoms with Crippen molar-refractivity contribution in [1.82, 2.24) is 9.21 Å². The second kappa shape index (κ2) is 7.61. The summed E-state index contributed by atoms with van der Waals surface area (Å²) in [7, 11) is -3.68. The van der Waals surface area contributed by atoms with E-state index in [1.165, 1.54) is 22.5 Å². The molecular formula is C18H21FN2O3S. The average molecular weight is 364 g/mol. The van der Waals surface area contributed by atoms with Crippen LogP contribution < -0.4 is 0 Å². The molecule has 25 heavy (non-hydrogen) atoms. The number of halogens is 1. The van der Waals surface area contributed by atoms with Crippen LogP contribution >= 0.6 is 0 Å². The van der Waals surface area contributed by atoms with Gasteiger partial charge in [0.15, 0.2) is 0 Å². The minimum Gasteiger partial charge on any atom is -0.387 e. The number of aliphatic hydroxyl groups excluding tert-OH is 1. The molecule has 1 N–H and O–H groups in total. The van der Waals surface area contributed by atoms with Crippen molar-refractivity contribution in [3.05, 3.63) is 66.0 Å². The van der Waals surface area contributed by atoms with E-state index in [0.29, 0.717) is 32.7 Å². The molecule has 1 fully saturated rings. The van der Waals surface area contributed by atoms with Crippen LogP contribution in [0.15, 0.2) is 59.5 Å². The summed E-state index contributed by atoms with van der Waals surface area (Å²) in [5.41, 5.74) is 0.845. The van der Waals surface area contributed by atoms with Gasteiger partial charge < -0.3 is 5.11 Å². The zero-order valence-corrected chi connectivity index (χ0v) is 14.6. The van der Waals surface area contributed by atoms with Gasteiger partial charge in [-0.3, -0.25) is 4.90 Å². The monoisotopic (exact) mass is 364 g/mol. The van der Waals surface area contributed by atoms with Crippen LogP contribution in [0.2, 0.25) is 0 Å². The van der Waals surface area contributed by atoms with E-state index in [1.54, 1.807) is 0 Å². The van der Waals surface area contributed by atoms with Gasteiger partial charge in [-0.15, -0.1) is 0 Å². The fourth-order valence-electron chi connectivity index (χ4n) is 2.95. The van der Waals surface area contributed by atoms with Crippen molar-refractivity contribution in [3.63, 3.8) is 0 Å². The van der Waals surface area contributed by atoms with Gasteiger partial charge in [0.05, 0.1) is 11.0 Å². The summed E-state index contributed by atoms with van der Waals surface area (Å²) in [5, 5.41) is 10.3. The summed E-state index contributed by atoms with van der Waals surface area (Å²) < 4.78 is 39.8. The van der Waals surface area contributed by atoms with Gasteiger partial charge in [-0.1, -0.05) is 36.4 Å². The molecule has 0 radical (unpaired) electrons. The zero-order valence-electron chi connectivity index (χ0n) is 13.8. The molecule has 1 aliphatic rings. The van der Waals surface area contributed by atoms with Crippen LogP contribution in [-0.4, -0.2) is 55.5 Å². The molecule has 2 aromatic carbocycles. The first-order chi connectivity index (χ1) is 12.0. The molecule has 1 atom stereocenters. The maximum atomic E-state index is 13.3. The second-order valence-corrected chi connectivity index (χ2v) is 8.03. The Morgan fingerprint density at radius 3 is 2.32 bits per heavy atom. The second-order valence-electron chi connectivity index (χ2n) is 6.09. The van der Waals surface area contributed by atoms with Crippen LogP contribution in [0, 0.1) is 5.82 Å². The largest absolute Gasteiger partial charge is 0.387 e. The van der Waals surface area contributed by atoms with E-state index < -0.39 is 21.9 Å². The Hall–Kier alpha value is -1.80. The van der Waals surface area contributed by atoms with Crippen LogP contribution in [0.3, 0.4) is 0 Å². The van der Waals surface area contributed by atoms with Crippen LogP contribution in [0.25, 0.3) is 0 Å². The summed E-state index contributed by atoms with van der Waals surface area (Å²) in [6.07, 6.45) is -0.604. The highest BCUT2D eigenvalue weighted by molar-refractivity contribution is 7.89. The van der Waals surface area contributed by atoms with Crippen molar-refractivity contribution in [2.24, 2.45) is 0 Å². The molecule has 2 aromatic rings. The Kier molecular flexibility index (Phi) is 5.48. The van der Waals surface area contributed by atoms with Gasteiger partial charge in [0.25, 0.3) is 0 Å². The summed E-state index contributed by atoms with van der Waals surface area (Å²) in [4.78, 5) is 2.01. The Balaban J connectivity index is 1.60. The smallest absolute Gasteiger partial charge is 0.243 e. The number of nitrogens with zero attached hydrogens (tertiary/aromatic N) is 2. The Labute approximate surface area is 147 Å². The van der Waals surface area contributed by atoms with Gasteiger partial charge in [0.2, 0.25) is 10.0 Å². The lowest BCUT2D eigenvalue weighted by molar-refractivity contribution is 0.0921. The molecule has 0 saturated carbocycles. The minimum atomic E-state index is -3.68. The molecule has 5 nitrogen and oxygen atoms in total. The van der Waals surface area contributed by atoms with Crippen LogP contribution in [0.1, 0.15) is 11.7 Å². The van der Waals surface area contributed by atoms with E-state index in [0.717, 1.165) is 11.6 Å². The molecule has 1 saturated heterocycles. The fourth-order valence-corrected chi connectivity index (χ4v) is 4.41. The summed E-state index contributed by atoms with van der Waals surface area (Å²) in [6.45, 7) is 2.15. The predicted octanol–water partition coefficient (Wildman–Crippen LogP) is 1.87. The molecule has 1 heterocycles. The van der Waals surface area contributed by atoms with Crippen molar-refractivity contribution in [3.8, 4) is 0 Å². The van der Waals surface area contributed by atoms with E-state index in [1.807, 2.05) is 35.2 Å². The SMILES string of the molecule is O=S(=O)(c1cccc(F)c1)N1CCN(C[C@@H](O)c2ccccc2)CC1. The van der Waals surface area contributed by atoms with Gasteiger partial charge in [-0.05, 0) is 23.8 Å². The first-order valence-electron chi connectivity index (χ1n) is 8.18. The highest BCUT2D eigenvalue weighted by Crippen LogP contribution is 2.20. The standard InChI is InChI=1S/C18H21FN2O3S/c19-16-7-4-8-17(13-16)25(23,24)21-11-9-20(10-12-21)14-18(22)15-5-2-1-3-6-15/h1-8,13,18,22H,9-12,14H2/t18-/m1/s1. The summed E-state index contributed by atoms with van der Waals surface area (Å²) in [6, 6.07) is 14.5. The number of hydrogen-bond donors (Lipinski definition) is 1. The fraction of sp³-hybridized carbons (Fsp3) is 0.333. The van der Waals surface area contributed by atoms with Gasteiger partial charge >= 0.3 is 0 Å². The van der Waals surface area contributed by atoms with Gasteiger partial charge in [-0.2, -0.15) is 4.31 Å². The minimum absolute atomic E-state index is 0.0229. The normalized spacial score (nSPS) is 18.2. The van der Waals surface area contributed by atoms with Crippen molar-refractivity contribution in [1.29, 1.82) is 0 Å². The third kappa shape index (κ3) is 4.24. The summed E-state index contributed by atoms with van der Waals surface area (Å²) >= 11 is 0. The number of sulfonamides is 1. The quantitative estimate of drug-likeness (QED) is 0.880. The maximum Gasteiger partial charge on any atom is 0.243 e. The van der Waals surface area contributed by atoms with E-state index >= 15 is 0 Å². The first-order valence-corrected chi connectivity index (χ1v) is 9.62. The number of rotatable bonds is 5. The van der Waals surface area contributed by atoms with E-state index in [-0.39, 0.29) is 4.90 Å². The van der Waals surface area contributed by atoms with Crippen LogP contribution in [0.5, 0.6) is 0 Å². The lowest BCUT2D eigenvalue weighted by Gasteiger charge is -2.35. The third-order valence-electron chi connectivity index (χ3n) is 4.38. The lowest BCUT2D eigenvalue weighted by atomic mass is 10.1. The number of piperazine rings is 1. The average Bonchev–Trinajstić information content (AvgIpc) is 2.63. The molecule has 0 spiro atoms. The van der Waals surface area contributed by atoms with Gasteiger partial charge in [-0.25, -0.2) is 12.8 Å². The Morgan fingerprint density at radius 1 is 1.00 bits per heavy atom. The Morgan fingerprint density at radius 2 is 1.68 bits per heavy atom. The molecule has 0 unspecified atom stereocenters. The van der Waals surface area contributed by atoms with Crippen LogP contribution in [-0.2, 0) is 10.0 Å². The molecule has 3 rings (SSSR count). The van der Waals surface area contributed by atoms with Crippen molar-refractivity contribution in [2.75, 3.05) is 32.7 Å². The van der Waals surface area contributed by atoms with E-state index in [2.05, 4.69) is 0 Å². The van der Waals surface area contributed by atoms with Crippen molar-refractivity contribution in [2.45, 2.75) is 11.0 Å². The third-order valence-corrected chi connectivity index (χ3v) is 6.28. The predicted molar refractivity (Wildman–Crippen MR) is 93.0 cm³/mol. The van der Waals surface area contributed by atoms with Crippen LogP contribution in [0.4, 0.5) is 4.39 Å². The first kappa shape index (κ1) is 18.0. The number of β-amino-alcohol motifs (C(OH)–C–C–N with tert-alkyl or cyclic N) is 1. The van der Waals surface area contributed by atoms with Gasteiger partial charge in [0.1, 0.15) is 5.82 Å². The Bertz CT molecular complexity index is 806. The van der Waals surface area contributed by atoms with E-state index in [9.17, 15) is 17.9 Å². The topological polar surface area (TPSA) is 60.9 Å². The van der Waals surface area contributed by atoms with Crippen molar-refractivity contribution >= 4 is 10.0 Å². The molecule has 7 heteroatoms. The zero-order chi connectivity index (χ0) is 17.9. The highest BCUT2D eigenvalue weighted by Gasteiger charge is 2.29. The number of aliphatic hydroxyl groups is 1. The maximum absolute atomic E-state index is 13.3. The number of benzene rings is 2. The molecule has 134 valence electrons. The number of hydrogen-bond acceptors (Lipinski definition) is 4. The summed E-state index contributed by atoms with van der Waals surface area (Å²) in [5.74, 6) is -0.564. The molecule has 0 amide bonds. The molecule has 1 aliphatic heterocycles. The molecule has 0 aliphatic carbocycles.